The van der Waals surface area contributed by atoms with Gasteiger partial charge in [-0.1, -0.05) is 40.5 Å². The number of aromatic amines is 1. The van der Waals surface area contributed by atoms with E-state index in [1.807, 2.05) is 24.4 Å². The molecule has 0 aliphatic rings. The van der Waals surface area contributed by atoms with Gasteiger partial charge in [-0.2, -0.15) is 5.10 Å². The van der Waals surface area contributed by atoms with Crippen LogP contribution < -0.4 is 5.32 Å². The maximum absolute atomic E-state index is 6.26. The first-order chi connectivity index (χ1) is 8.72. The number of hydrogen-bond acceptors (Lipinski definition) is 2. The normalized spacial score (nSPS) is 10.8. The molecular formula is C13H15BrClN3. The van der Waals surface area contributed by atoms with Crippen molar-refractivity contribution in [2.75, 3.05) is 6.54 Å². The minimum atomic E-state index is 0.713. The summed E-state index contributed by atoms with van der Waals surface area (Å²) in [4.78, 5) is 0. The summed E-state index contributed by atoms with van der Waals surface area (Å²) in [6, 6.07) is 5.86. The Morgan fingerprint density at radius 1 is 1.44 bits per heavy atom. The van der Waals surface area contributed by atoms with Crippen LogP contribution in [0, 0.1) is 0 Å². The van der Waals surface area contributed by atoms with E-state index in [-0.39, 0.29) is 0 Å². The Kier molecular flexibility index (Phi) is 4.80. The molecule has 1 aromatic heterocycles. The highest BCUT2D eigenvalue weighted by Crippen LogP contribution is 2.31. The van der Waals surface area contributed by atoms with E-state index < -0.39 is 0 Å². The third-order valence-electron chi connectivity index (χ3n) is 2.66. The summed E-state index contributed by atoms with van der Waals surface area (Å²) >= 11 is 9.66. The first kappa shape index (κ1) is 13.6. The third-order valence-corrected chi connectivity index (χ3v) is 3.47. The molecule has 0 saturated carbocycles. The predicted octanol–water partition coefficient (Wildman–Crippen LogP) is 3.99. The average Bonchev–Trinajstić information content (AvgIpc) is 2.78. The molecule has 18 heavy (non-hydrogen) atoms. The fourth-order valence-electron chi connectivity index (χ4n) is 1.77. The number of nitrogens with zero attached hydrogens (tertiary/aromatic N) is 1. The summed E-state index contributed by atoms with van der Waals surface area (Å²) in [7, 11) is 0. The van der Waals surface area contributed by atoms with Crippen LogP contribution in [0.15, 0.2) is 28.9 Å². The lowest BCUT2D eigenvalue weighted by Gasteiger charge is -2.07. The molecule has 0 aliphatic carbocycles. The van der Waals surface area contributed by atoms with E-state index in [1.165, 1.54) is 0 Å². The van der Waals surface area contributed by atoms with Crippen molar-refractivity contribution in [1.82, 2.24) is 15.5 Å². The molecule has 0 amide bonds. The number of H-pyrrole nitrogens is 1. The Balaban J connectivity index is 2.25. The molecule has 0 bridgehead atoms. The van der Waals surface area contributed by atoms with Crippen LogP contribution in [0.2, 0.25) is 5.02 Å². The van der Waals surface area contributed by atoms with E-state index in [4.69, 9.17) is 11.6 Å². The summed E-state index contributed by atoms with van der Waals surface area (Å²) < 4.78 is 0.974. The minimum Gasteiger partial charge on any atom is -0.313 e. The lowest BCUT2D eigenvalue weighted by Crippen LogP contribution is -2.13. The topological polar surface area (TPSA) is 40.7 Å². The van der Waals surface area contributed by atoms with Crippen molar-refractivity contribution in [2.24, 2.45) is 0 Å². The highest BCUT2D eigenvalue weighted by Gasteiger charge is 2.10. The fourth-order valence-corrected chi connectivity index (χ4v) is 2.54. The zero-order valence-corrected chi connectivity index (χ0v) is 12.5. The van der Waals surface area contributed by atoms with Gasteiger partial charge in [-0.05, 0) is 25.1 Å². The molecule has 0 unspecified atom stereocenters. The second-order valence-electron chi connectivity index (χ2n) is 4.07. The number of aromatic nitrogens is 2. The molecule has 0 atom stereocenters. The van der Waals surface area contributed by atoms with Crippen LogP contribution in [-0.2, 0) is 6.54 Å². The zero-order chi connectivity index (χ0) is 13.0. The molecule has 2 rings (SSSR count). The van der Waals surface area contributed by atoms with Gasteiger partial charge >= 0.3 is 0 Å². The van der Waals surface area contributed by atoms with Crippen molar-refractivity contribution in [3.05, 3.63) is 39.5 Å². The number of rotatable bonds is 5. The lowest BCUT2D eigenvalue weighted by molar-refractivity contribution is 0.676. The molecule has 0 fully saturated rings. The van der Waals surface area contributed by atoms with Gasteiger partial charge in [0.1, 0.15) is 0 Å². The van der Waals surface area contributed by atoms with E-state index in [9.17, 15) is 0 Å². The Hall–Kier alpha value is -0.840. The SMILES string of the molecule is CCCNCc1cn[nH]c1-c1ccc(Br)cc1Cl. The van der Waals surface area contributed by atoms with Crippen LogP contribution in [0.3, 0.4) is 0 Å². The molecule has 3 nitrogen and oxygen atoms in total. The van der Waals surface area contributed by atoms with Gasteiger partial charge in [-0.25, -0.2) is 0 Å². The van der Waals surface area contributed by atoms with Crippen molar-refractivity contribution in [1.29, 1.82) is 0 Å². The molecule has 0 spiro atoms. The predicted molar refractivity (Wildman–Crippen MR) is 78.7 cm³/mol. The number of nitrogens with one attached hydrogen (secondary N) is 2. The highest BCUT2D eigenvalue weighted by atomic mass is 79.9. The number of benzene rings is 1. The Labute approximate surface area is 120 Å². The van der Waals surface area contributed by atoms with Crippen LogP contribution >= 0.6 is 27.5 Å². The first-order valence-electron chi connectivity index (χ1n) is 5.90. The Morgan fingerprint density at radius 2 is 2.28 bits per heavy atom. The molecule has 0 radical (unpaired) electrons. The maximum Gasteiger partial charge on any atom is 0.0710 e. The molecule has 5 heteroatoms. The van der Waals surface area contributed by atoms with E-state index in [0.29, 0.717) is 5.02 Å². The highest BCUT2D eigenvalue weighted by molar-refractivity contribution is 9.10. The van der Waals surface area contributed by atoms with Gasteiger partial charge < -0.3 is 5.32 Å². The molecule has 96 valence electrons. The number of halogens is 2. The third kappa shape index (κ3) is 3.13. The molecule has 1 heterocycles. The Morgan fingerprint density at radius 3 is 3.00 bits per heavy atom. The van der Waals surface area contributed by atoms with Crippen molar-refractivity contribution < 1.29 is 0 Å². The van der Waals surface area contributed by atoms with Gasteiger partial charge in [-0.15, -0.1) is 0 Å². The van der Waals surface area contributed by atoms with Crippen LogP contribution in [0.25, 0.3) is 11.3 Å². The van der Waals surface area contributed by atoms with Gasteiger partial charge in [0.2, 0.25) is 0 Å². The first-order valence-corrected chi connectivity index (χ1v) is 7.08. The van der Waals surface area contributed by atoms with Crippen molar-refractivity contribution >= 4 is 27.5 Å². The fraction of sp³-hybridized carbons (Fsp3) is 0.308. The minimum absolute atomic E-state index is 0.713. The van der Waals surface area contributed by atoms with Crippen molar-refractivity contribution in [2.45, 2.75) is 19.9 Å². The van der Waals surface area contributed by atoms with Crippen molar-refractivity contribution in [3.63, 3.8) is 0 Å². The van der Waals surface area contributed by atoms with Crippen LogP contribution in [0.4, 0.5) is 0 Å². The van der Waals surface area contributed by atoms with E-state index in [0.717, 1.165) is 40.8 Å². The van der Waals surface area contributed by atoms with Gasteiger partial charge in [0.05, 0.1) is 16.9 Å². The van der Waals surface area contributed by atoms with Crippen LogP contribution in [-0.4, -0.2) is 16.7 Å². The standard InChI is InChI=1S/C13H15BrClN3/c1-2-5-16-7-9-8-17-18-13(9)11-4-3-10(14)6-12(11)15/h3-4,6,8,16H,2,5,7H2,1H3,(H,17,18). The second-order valence-corrected chi connectivity index (χ2v) is 5.39. The summed E-state index contributed by atoms with van der Waals surface area (Å²) in [5.41, 5.74) is 3.09. The zero-order valence-electron chi connectivity index (χ0n) is 10.1. The molecule has 1 aromatic carbocycles. The molecular weight excluding hydrogens is 314 g/mol. The van der Waals surface area contributed by atoms with E-state index in [1.54, 1.807) is 0 Å². The summed E-state index contributed by atoms with van der Waals surface area (Å²) in [5, 5.41) is 11.2. The van der Waals surface area contributed by atoms with Crippen LogP contribution in [0.5, 0.6) is 0 Å². The van der Waals surface area contributed by atoms with Gasteiger partial charge in [0, 0.05) is 22.1 Å². The Bertz CT molecular complexity index is 525. The van der Waals surface area contributed by atoms with E-state index >= 15 is 0 Å². The molecule has 0 aliphatic heterocycles. The quantitative estimate of drug-likeness (QED) is 0.815. The monoisotopic (exact) mass is 327 g/mol. The average molecular weight is 329 g/mol. The second kappa shape index (κ2) is 6.36. The molecule has 0 saturated heterocycles. The lowest BCUT2D eigenvalue weighted by atomic mass is 10.1. The van der Waals surface area contributed by atoms with Gasteiger partial charge in [-0.3, -0.25) is 5.10 Å². The molecule has 2 aromatic rings. The smallest absolute Gasteiger partial charge is 0.0710 e. The van der Waals surface area contributed by atoms with Gasteiger partial charge in [0.25, 0.3) is 0 Å². The molecule has 2 N–H and O–H groups in total. The summed E-state index contributed by atoms with van der Waals surface area (Å²) in [6.07, 6.45) is 2.96. The van der Waals surface area contributed by atoms with E-state index in [2.05, 4.69) is 38.4 Å². The maximum atomic E-state index is 6.26. The largest absolute Gasteiger partial charge is 0.313 e. The van der Waals surface area contributed by atoms with Gasteiger partial charge in [0.15, 0.2) is 0 Å². The van der Waals surface area contributed by atoms with Crippen molar-refractivity contribution in [3.8, 4) is 11.3 Å². The summed E-state index contributed by atoms with van der Waals surface area (Å²) in [6.45, 7) is 3.94. The van der Waals surface area contributed by atoms with Crippen LogP contribution in [0.1, 0.15) is 18.9 Å². The summed E-state index contributed by atoms with van der Waals surface area (Å²) in [5.74, 6) is 0. The number of hydrogen-bond donors (Lipinski definition) is 2.